The Labute approximate surface area is 142 Å². The molecule has 0 aliphatic heterocycles. The van der Waals surface area contributed by atoms with Crippen LogP contribution in [-0.2, 0) is 16.4 Å². The standard InChI is InChI=1S/C15H26N4O2S2/c1-5-16-14(17-8-13-19-11(2)12(3)22-13)18-9-15(6-7-15)10-23(4,20)21/h5-10H2,1-4H3,(H2,16,17,18). The molecule has 1 heterocycles. The lowest BCUT2D eigenvalue weighted by Gasteiger charge is -2.17. The first-order valence-electron chi connectivity index (χ1n) is 7.86. The van der Waals surface area contributed by atoms with E-state index in [9.17, 15) is 8.42 Å². The highest BCUT2D eigenvalue weighted by Crippen LogP contribution is 2.45. The molecule has 1 aromatic rings. The summed E-state index contributed by atoms with van der Waals surface area (Å²) in [5.74, 6) is 0.967. The van der Waals surface area contributed by atoms with Crippen LogP contribution >= 0.6 is 11.3 Å². The molecule has 1 aliphatic carbocycles. The van der Waals surface area contributed by atoms with Crippen molar-refractivity contribution >= 4 is 27.1 Å². The summed E-state index contributed by atoms with van der Waals surface area (Å²) < 4.78 is 23.0. The SMILES string of the molecule is CCNC(=NCc1nc(C)c(C)s1)NCC1(CS(C)(=O)=O)CC1. The van der Waals surface area contributed by atoms with Gasteiger partial charge in [0.05, 0.1) is 18.0 Å². The van der Waals surface area contributed by atoms with E-state index in [-0.39, 0.29) is 11.2 Å². The molecule has 0 spiro atoms. The van der Waals surface area contributed by atoms with Crippen molar-refractivity contribution in [3.63, 3.8) is 0 Å². The summed E-state index contributed by atoms with van der Waals surface area (Å²) in [6.07, 6.45) is 3.22. The molecule has 0 aromatic carbocycles. The molecule has 2 N–H and O–H groups in total. The van der Waals surface area contributed by atoms with Crippen molar-refractivity contribution < 1.29 is 8.42 Å². The number of hydrogen-bond donors (Lipinski definition) is 2. The molecule has 1 aliphatic rings. The van der Waals surface area contributed by atoms with Gasteiger partial charge < -0.3 is 10.6 Å². The van der Waals surface area contributed by atoms with Crippen LogP contribution in [-0.4, -0.2) is 44.5 Å². The van der Waals surface area contributed by atoms with Gasteiger partial charge in [0.2, 0.25) is 0 Å². The molecule has 8 heteroatoms. The lowest BCUT2D eigenvalue weighted by Crippen LogP contribution is -2.41. The fourth-order valence-electron chi connectivity index (χ4n) is 2.47. The van der Waals surface area contributed by atoms with Crippen LogP contribution in [0.25, 0.3) is 0 Å². The number of sulfone groups is 1. The van der Waals surface area contributed by atoms with Gasteiger partial charge in [-0.15, -0.1) is 11.3 Å². The zero-order valence-electron chi connectivity index (χ0n) is 14.3. The Kier molecular flexibility index (Phi) is 5.67. The average molecular weight is 359 g/mol. The molecule has 2 rings (SSSR count). The fraction of sp³-hybridized carbons (Fsp3) is 0.733. The summed E-state index contributed by atoms with van der Waals surface area (Å²) >= 11 is 1.67. The van der Waals surface area contributed by atoms with Gasteiger partial charge in [-0.25, -0.2) is 18.4 Å². The van der Waals surface area contributed by atoms with Crippen molar-refractivity contribution in [3.8, 4) is 0 Å². The van der Waals surface area contributed by atoms with Gasteiger partial charge in [-0.2, -0.15) is 0 Å². The topological polar surface area (TPSA) is 83.4 Å². The smallest absolute Gasteiger partial charge is 0.191 e. The van der Waals surface area contributed by atoms with Crippen LogP contribution < -0.4 is 10.6 Å². The molecule has 0 saturated heterocycles. The van der Waals surface area contributed by atoms with Crippen LogP contribution in [0.3, 0.4) is 0 Å². The number of nitrogens with one attached hydrogen (secondary N) is 2. The van der Waals surface area contributed by atoms with E-state index >= 15 is 0 Å². The molecule has 6 nitrogen and oxygen atoms in total. The highest BCUT2D eigenvalue weighted by Gasteiger charge is 2.45. The Morgan fingerprint density at radius 3 is 2.52 bits per heavy atom. The molecule has 23 heavy (non-hydrogen) atoms. The van der Waals surface area contributed by atoms with Crippen LogP contribution in [0.2, 0.25) is 0 Å². The summed E-state index contributed by atoms with van der Waals surface area (Å²) in [4.78, 5) is 10.3. The molecule has 0 bridgehead atoms. The largest absolute Gasteiger partial charge is 0.357 e. The first-order valence-corrected chi connectivity index (χ1v) is 10.7. The Balaban J connectivity index is 1.94. The Morgan fingerprint density at radius 2 is 2.04 bits per heavy atom. The number of guanidine groups is 1. The highest BCUT2D eigenvalue weighted by molar-refractivity contribution is 7.90. The molecular formula is C15H26N4O2S2. The van der Waals surface area contributed by atoms with Crippen molar-refractivity contribution in [2.24, 2.45) is 10.4 Å². The number of aryl methyl sites for hydroxylation is 2. The number of hydrogen-bond acceptors (Lipinski definition) is 5. The van der Waals surface area contributed by atoms with E-state index in [4.69, 9.17) is 0 Å². The van der Waals surface area contributed by atoms with Gasteiger partial charge >= 0.3 is 0 Å². The summed E-state index contributed by atoms with van der Waals surface area (Å²) in [6.45, 7) is 8.02. The highest BCUT2D eigenvalue weighted by atomic mass is 32.2. The number of aliphatic imine (C=N–C) groups is 1. The van der Waals surface area contributed by atoms with Crippen LogP contribution in [0.1, 0.15) is 35.3 Å². The molecule has 1 aromatic heterocycles. The predicted molar refractivity (Wildman–Crippen MR) is 95.8 cm³/mol. The molecular weight excluding hydrogens is 332 g/mol. The normalized spacial score (nSPS) is 17.1. The van der Waals surface area contributed by atoms with Crippen LogP contribution in [0.5, 0.6) is 0 Å². The summed E-state index contributed by atoms with van der Waals surface area (Å²) in [6, 6.07) is 0. The molecule has 0 radical (unpaired) electrons. The third-order valence-corrected chi connectivity index (χ3v) is 6.14. The molecule has 0 atom stereocenters. The Morgan fingerprint density at radius 1 is 1.35 bits per heavy atom. The van der Waals surface area contributed by atoms with Gasteiger partial charge in [-0.1, -0.05) is 0 Å². The van der Waals surface area contributed by atoms with Gasteiger partial charge in [0.25, 0.3) is 0 Å². The predicted octanol–water partition coefficient (Wildman–Crippen LogP) is 1.64. The number of aromatic nitrogens is 1. The monoisotopic (exact) mass is 358 g/mol. The Bertz CT molecular complexity index is 656. The summed E-state index contributed by atoms with van der Waals surface area (Å²) in [5.41, 5.74) is 0.946. The summed E-state index contributed by atoms with van der Waals surface area (Å²) in [7, 11) is -2.95. The second kappa shape index (κ2) is 7.17. The van der Waals surface area contributed by atoms with Crippen LogP contribution in [0.15, 0.2) is 4.99 Å². The van der Waals surface area contributed by atoms with Crippen molar-refractivity contribution in [2.45, 2.75) is 40.2 Å². The van der Waals surface area contributed by atoms with Gasteiger partial charge in [0, 0.05) is 29.6 Å². The van der Waals surface area contributed by atoms with E-state index in [0.29, 0.717) is 13.1 Å². The lowest BCUT2D eigenvalue weighted by molar-refractivity contribution is 0.529. The fourth-order valence-corrected chi connectivity index (χ4v) is 4.83. The number of thiazole rings is 1. The van der Waals surface area contributed by atoms with E-state index in [1.54, 1.807) is 11.3 Å². The maximum absolute atomic E-state index is 11.5. The zero-order chi connectivity index (χ0) is 17.1. The van der Waals surface area contributed by atoms with Gasteiger partial charge in [0.1, 0.15) is 14.8 Å². The van der Waals surface area contributed by atoms with E-state index in [0.717, 1.165) is 36.0 Å². The second-order valence-electron chi connectivity index (χ2n) is 6.37. The zero-order valence-corrected chi connectivity index (χ0v) is 15.9. The number of nitrogens with zero attached hydrogens (tertiary/aromatic N) is 2. The van der Waals surface area contributed by atoms with Crippen molar-refractivity contribution in [3.05, 3.63) is 15.6 Å². The molecule has 1 fully saturated rings. The Hall–Kier alpha value is -1.15. The van der Waals surface area contributed by atoms with E-state index in [1.807, 2.05) is 13.8 Å². The van der Waals surface area contributed by atoms with E-state index in [2.05, 4.69) is 27.5 Å². The second-order valence-corrected chi connectivity index (χ2v) is 9.80. The molecule has 1 saturated carbocycles. The quantitative estimate of drug-likeness (QED) is 0.572. The minimum absolute atomic E-state index is 0.113. The molecule has 0 unspecified atom stereocenters. The lowest BCUT2D eigenvalue weighted by atomic mass is 10.1. The average Bonchev–Trinajstić information content (AvgIpc) is 3.10. The molecule has 130 valence electrons. The third kappa shape index (κ3) is 5.76. The van der Waals surface area contributed by atoms with Crippen molar-refractivity contribution in [2.75, 3.05) is 25.1 Å². The third-order valence-electron chi connectivity index (χ3n) is 3.95. The minimum atomic E-state index is -2.95. The van der Waals surface area contributed by atoms with E-state index in [1.165, 1.54) is 11.1 Å². The maximum Gasteiger partial charge on any atom is 0.191 e. The van der Waals surface area contributed by atoms with Crippen molar-refractivity contribution in [1.82, 2.24) is 15.6 Å². The van der Waals surface area contributed by atoms with Gasteiger partial charge in [0.15, 0.2) is 5.96 Å². The first kappa shape index (κ1) is 18.2. The van der Waals surface area contributed by atoms with Gasteiger partial charge in [-0.3, -0.25) is 0 Å². The maximum atomic E-state index is 11.5. The molecule has 0 amide bonds. The van der Waals surface area contributed by atoms with Gasteiger partial charge in [-0.05, 0) is 33.6 Å². The number of rotatable bonds is 7. The minimum Gasteiger partial charge on any atom is -0.357 e. The summed E-state index contributed by atoms with van der Waals surface area (Å²) in [5, 5.41) is 7.49. The van der Waals surface area contributed by atoms with Crippen LogP contribution in [0, 0.1) is 19.3 Å². The van der Waals surface area contributed by atoms with Crippen molar-refractivity contribution in [1.29, 1.82) is 0 Å². The first-order chi connectivity index (χ1) is 10.7. The van der Waals surface area contributed by atoms with Crippen LogP contribution in [0.4, 0.5) is 0 Å². The van der Waals surface area contributed by atoms with E-state index < -0.39 is 9.84 Å².